The zero-order valence-electron chi connectivity index (χ0n) is 13.3. The number of furan rings is 1. The van der Waals surface area contributed by atoms with Crippen LogP contribution < -0.4 is 0 Å². The largest absolute Gasteiger partial charge is 0.467 e. The molecule has 1 aliphatic heterocycles. The van der Waals surface area contributed by atoms with Crippen molar-refractivity contribution in [2.45, 2.75) is 45.6 Å². The quantitative estimate of drug-likeness (QED) is 0.806. The van der Waals surface area contributed by atoms with Gasteiger partial charge < -0.3 is 9.32 Å². The molecule has 2 heterocycles. The fourth-order valence-electron chi connectivity index (χ4n) is 2.98. The molecule has 1 amide bonds. The molecule has 5 nitrogen and oxygen atoms in total. The summed E-state index contributed by atoms with van der Waals surface area (Å²) in [6.07, 6.45) is 4.56. The van der Waals surface area contributed by atoms with Gasteiger partial charge in [0, 0.05) is 13.0 Å². The van der Waals surface area contributed by atoms with Gasteiger partial charge in [0.2, 0.25) is 5.91 Å². The second kappa shape index (κ2) is 7.31. The van der Waals surface area contributed by atoms with Gasteiger partial charge in [0.15, 0.2) is 9.84 Å². The summed E-state index contributed by atoms with van der Waals surface area (Å²) in [7, 11) is -3.16. The third-order valence-electron chi connectivity index (χ3n) is 3.91. The highest BCUT2D eigenvalue weighted by molar-refractivity contribution is 7.91. The molecule has 0 aliphatic carbocycles. The van der Waals surface area contributed by atoms with Crippen LogP contribution in [0.25, 0.3) is 0 Å². The Bertz CT molecular complexity index is 577. The molecule has 6 heteroatoms. The lowest BCUT2D eigenvalue weighted by atomic mass is 9.99. The SMILES string of the molecule is CC(C)CS(=O)(=O)CCC(=O)N1CCCC[C@@H]1c1ccco1. The number of amides is 1. The van der Waals surface area contributed by atoms with Crippen LogP contribution in [0.1, 0.15) is 51.3 Å². The molecule has 0 saturated carbocycles. The minimum atomic E-state index is -3.16. The van der Waals surface area contributed by atoms with E-state index in [0.717, 1.165) is 25.0 Å². The maximum absolute atomic E-state index is 12.5. The molecule has 0 spiro atoms. The third-order valence-corrected chi connectivity index (χ3v) is 5.91. The van der Waals surface area contributed by atoms with Crippen molar-refractivity contribution < 1.29 is 17.6 Å². The average molecular weight is 327 g/mol. The Morgan fingerprint density at radius 2 is 2.18 bits per heavy atom. The molecule has 22 heavy (non-hydrogen) atoms. The van der Waals surface area contributed by atoms with Crippen LogP contribution >= 0.6 is 0 Å². The Labute approximate surface area is 132 Å². The fraction of sp³-hybridized carbons (Fsp3) is 0.688. The normalized spacial score (nSPS) is 19.6. The summed E-state index contributed by atoms with van der Waals surface area (Å²) in [5, 5.41) is 0. The van der Waals surface area contributed by atoms with E-state index in [0.29, 0.717) is 6.54 Å². The van der Waals surface area contributed by atoms with Crippen molar-refractivity contribution in [1.29, 1.82) is 0 Å². The van der Waals surface area contributed by atoms with Crippen molar-refractivity contribution in [1.82, 2.24) is 4.90 Å². The summed E-state index contributed by atoms with van der Waals surface area (Å²) >= 11 is 0. The summed E-state index contributed by atoms with van der Waals surface area (Å²) in [6.45, 7) is 4.42. The first-order valence-corrected chi connectivity index (χ1v) is 9.74. The van der Waals surface area contributed by atoms with Gasteiger partial charge in [-0.15, -0.1) is 0 Å². The molecule has 1 atom stereocenters. The molecule has 0 bridgehead atoms. The van der Waals surface area contributed by atoms with Crippen molar-refractivity contribution in [2.24, 2.45) is 5.92 Å². The number of sulfone groups is 1. The number of carbonyl (C=O) groups excluding carboxylic acids is 1. The highest BCUT2D eigenvalue weighted by atomic mass is 32.2. The zero-order chi connectivity index (χ0) is 16.2. The topological polar surface area (TPSA) is 67.6 Å². The first-order chi connectivity index (χ1) is 10.4. The van der Waals surface area contributed by atoms with Crippen LogP contribution in [0.2, 0.25) is 0 Å². The number of carbonyl (C=O) groups is 1. The highest BCUT2D eigenvalue weighted by Crippen LogP contribution is 2.31. The predicted octanol–water partition coefficient (Wildman–Crippen LogP) is 2.79. The second-order valence-corrected chi connectivity index (χ2v) is 8.60. The van der Waals surface area contributed by atoms with E-state index in [-0.39, 0.29) is 35.8 Å². The lowest BCUT2D eigenvalue weighted by Crippen LogP contribution is -2.39. The Kier molecular flexibility index (Phi) is 5.67. The molecule has 1 aromatic rings. The molecule has 0 radical (unpaired) electrons. The minimum absolute atomic E-state index is 0.0518. The van der Waals surface area contributed by atoms with Gasteiger partial charge in [-0.05, 0) is 37.3 Å². The van der Waals surface area contributed by atoms with Crippen LogP contribution in [0, 0.1) is 5.92 Å². The summed E-state index contributed by atoms with van der Waals surface area (Å²) < 4.78 is 29.3. The van der Waals surface area contributed by atoms with Crippen LogP contribution in [0.5, 0.6) is 0 Å². The van der Waals surface area contributed by atoms with Gasteiger partial charge in [-0.3, -0.25) is 4.79 Å². The molecule has 1 fully saturated rings. The molecule has 0 aromatic carbocycles. The van der Waals surface area contributed by atoms with Gasteiger partial charge in [0.25, 0.3) is 0 Å². The number of hydrogen-bond acceptors (Lipinski definition) is 4. The molecule has 124 valence electrons. The zero-order valence-corrected chi connectivity index (χ0v) is 14.1. The van der Waals surface area contributed by atoms with E-state index >= 15 is 0 Å². The number of hydrogen-bond donors (Lipinski definition) is 0. The van der Waals surface area contributed by atoms with Gasteiger partial charge >= 0.3 is 0 Å². The molecular weight excluding hydrogens is 302 g/mol. The molecule has 1 aliphatic rings. The fourth-order valence-corrected chi connectivity index (χ4v) is 4.65. The van der Waals surface area contributed by atoms with E-state index in [9.17, 15) is 13.2 Å². The van der Waals surface area contributed by atoms with Gasteiger partial charge in [-0.1, -0.05) is 13.8 Å². The first kappa shape index (κ1) is 17.1. The Hall–Kier alpha value is -1.30. The van der Waals surface area contributed by atoms with Crippen molar-refractivity contribution in [3.05, 3.63) is 24.2 Å². The Morgan fingerprint density at radius 3 is 2.82 bits per heavy atom. The summed E-state index contributed by atoms with van der Waals surface area (Å²) in [5.41, 5.74) is 0. The molecule has 1 aromatic heterocycles. The average Bonchev–Trinajstić information content (AvgIpc) is 2.97. The molecule has 2 rings (SSSR count). The van der Waals surface area contributed by atoms with Crippen LogP contribution in [0.15, 0.2) is 22.8 Å². The Balaban J connectivity index is 1.98. The monoisotopic (exact) mass is 327 g/mol. The number of rotatable bonds is 6. The molecular formula is C16H25NO4S. The van der Waals surface area contributed by atoms with Crippen LogP contribution in [0.4, 0.5) is 0 Å². The van der Waals surface area contributed by atoms with E-state index in [1.807, 2.05) is 26.0 Å². The summed E-state index contributed by atoms with van der Waals surface area (Å²) in [4.78, 5) is 14.2. The van der Waals surface area contributed by atoms with Crippen LogP contribution in [-0.2, 0) is 14.6 Å². The number of piperidine rings is 1. The van der Waals surface area contributed by atoms with E-state index in [2.05, 4.69) is 0 Å². The highest BCUT2D eigenvalue weighted by Gasteiger charge is 2.30. The number of likely N-dealkylation sites (tertiary alicyclic amines) is 1. The van der Waals surface area contributed by atoms with Crippen LogP contribution in [-0.4, -0.2) is 37.3 Å². The lowest BCUT2D eigenvalue weighted by molar-refractivity contribution is -0.135. The van der Waals surface area contributed by atoms with Gasteiger partial charge in [-0.25, -0.2) is 8.42 Å². The van der Waals surface area contributed by atoms with E-state index in [1.54, 1.807) is 11.2 Å². The summed E-state index contributed by atoms with van der Waals surface area (Å²) in [5.74, 6) is 0.866. The van der Waals surface area contributed by atoms with Gasteiger partial charge in [0.05, 0.1) is 23.8 Å². The van der Waals surface area contributed by atoms with Gasteiger partial charge in [0.1, 0.15) is 5.76 Å². The van der Waals surface area contributed by atoms with Crippen molar-refractivity contribution in [3.8, 4) is 0 Å². The van der Waals surface area contributed by atoms with Crippen molar-refractivity contribution in [3.63, 3.8) is 0 Å². The van der Waals surface area contributed by atoms with E-state index < -0.39 is 9.84 Å². The number of nitrogens with zero attached hydrogens (tertiary/aromatic N) is 1. The second-order valence-electron chi connectivity index (χ2n) is 6.37. The molecule has 0 unspecified atom stereocenters. The first-order valence-electron chi connectivity index (χ1n) is 7.92. The lowest BCUT2D eigenvalue weighted by Gasteiger charge is -2.34. The summed E-state index contributed by atoms with van der Waals surface area (Å²) in [6, 6.07) is 3.65. The molecule has 1 saturated heterocycles. The van der Waals surface area contributed by atoms with E-state index in [4.69, 9.17) is 4.42 Å². The maximum Gasteiger partial charge on any atom is 0.224 e. The molecule has 0 N–H and O–H groups in total. The standard InChI is InChI=1S/C16H25NO4S/c1-13(2)12-22(19,20)11-8-16(18)17-9-4-3-6-14(17)15-7-5-10-21-15/h5,7,10,13-14H,3-4,6,8-9,11-12H2,1-2H3/t14-/m1/s1. The van der Waals surface area contributed by atoms with Crippen molar-refractivity contribution >= 4 is 15.7 Å². The maximum atomic E-state index is 12.5. The minimum Gasteiger partial charge on any atom is -0.467 e. The Morgan fingerprint density at radius 1 is 1.41 bits per heavy atom. The predicted molar refractivity (Wildman–Crippen MR) is 85.1 cm³/mol. The third kappa shape index (κ3) is 4.60. The van der Waals surface area contributed by atoms with E-state index in [1.165, 1.54) is 0 Å². The van der Waals surface area contributed by atoms with Crippen LogP contribution in [0.3, 0.4) is 0 Å². The van der Waals surface area contributed by atoms with Gasteiger partial charge in [-0.2, -0.15) is 0 Å². The van der Waals surface area contributed by atoms with Crippen molar-refractivity contribution in [2.75, 3.05) is 18.1 Å². The smallest absolute Gasteiger partial charge is 0.224 e.